The maximum Gasteiger partial charge on any atom is 0.347 e. The highest BCUT2D eigenvalue weighted by Gasteiger charge is 2.59. The van der Waals surface area contributed by atoms with Gasteiger partial charge in [0, 0.05) is 44.0 Å². The average molecular weight is 684 g/mol. The van der Waals surface area contributed by atoms with E-state index in [2.05, 4.69) is 4.98 Å². The molecule has 4 aromatic rings. The van der Waals surface area contributed by atoms with Crippen LogP contribution < -0.4 is 31.1 Å². The lowest BCUT2D eigenvalue weighted by Crippen LogP contribution is -2.54. The highest BCUT2D eigenvalue weighted by Crippen LogP contribution is 2.60. The molecule has 0 bridgehead atoms. The van der Waals surface area contributed by atoms with Crippen molar-refractivity contribution < 1.29 is 28.9 Å². The summed E-state index contributed by atoms with van der Waals surface area (Å²) < 4.78 is 21.3. The van der Waals surface area contributed by atoms with Crippen LogP contribution in [0.25, 0.3) is 11.0 Å². The number of phenolic OH excluding ortho intramolecular Hbond substituents is 1. The van der Waals surface area contributed by atoms with E-state index in [1.165, 1.54) is 47.4 Å². The number of Topliss-reactive ketones (excluding diaryl/α,β-unsaturated/α-hetero) is 1. The summed E-state index contributed by atoms with van der Waals surface area (Å²) >= 11 is 0. The van der Waals surface area contributed by atoms with Gasteiger partial charge in [0.05, 0.1) is 50.4 Å². The third-order valence-corrected chi connectivity index (χ3v) is 10.8. The van der Waals surface area contributed by atoms with E-state index >= 15 is 0 Å². The number of fused-ring (bicyclic) bond motifs is 5. The van der Waals surface area contributed by atoms with Crippen molar-refractivity contribution in [2.24, 2.45) is 18.4 Å². The predicted molar refractivity (Wildman–Crippen MR) is 181 cm³/mol. The molecule has 7 rings (SSSR count). The van der Waals surface area contributed by atoms with Gasteiger partial charge in [-0.25, -0.2) is 28.5 Å². The number of allylic oxidation sites excluding steroid dienone is 4. The molecule has 0 amide bonds. The summed E-state index contributed by atoms with van der Waals surface area (Å²) in [5.74, 6) is -0.908. The monoisotopic (exact) mass is 683 g/mol. The lowest BCUT2D eigenvalue weighted by molar-refractivity contribution is -0.139. The van der Waals surface area contributed by atoms with Crippen molar-refractivity contribution in [3.63, 3.8) is 0 Å². The minimum absolute atomic E-state index is 0.00745. The zero-order valence-corrected chi connectivity index (χ0v) is 28.6. The number of phenols is 1. The Balaban J connectivity index is 1.30. The highest BCUT2D eigenvalue weighted by atomic mass is 16.5. The fraction of sp³-hybridized carbons (Fsp3) is 0.389. The number of methoxy groups -OCH3 is 3. The summed E-state index contributed by atoms with van der Waals surface area (Å²) in [5, 5.41) is 10.7. The third kappa shape index (κ3) is 4.61. The van der Waals surface area contributed by atoms with Gasteiger partial charge in [-0.15, -0.1) is 0 Å². The van der Waals surface area contributed by atoms with Gasteiger partial charge in [0.1, 0.15) is 5.69 Å². The number of ketones is 2. The summed E-state index contributed by atoms with van der Waals surface area (Å²) in [6.07, 6.45) is 3.34. The van der Waals surface area contributed by atoms with Crippen LogP contribution in [-0.4, -0.2) is 61.5 Å². The van der Waals surface area contributed by atoms with Crippen molar-refractivity contribution in [1.82, 2.24) is 23.5 Å². The zero-order chi connectivity index (χ0) is 35.8. The molecule has 260 valence electrons. The molecule has 14 nitrogen and oxygen atoms in total. The van der Waals surface area contributed by atoms with Crippen molar-refractivity contribution in [3.05, 3.63) is 96.2 Å². The number of aryl methyl sites for hydroxylation is 2. The average Bonchev–Trinajstić information content (AvgIpc) is 3.35. The van der Waals surface area contributed by atoms with Gasteiger partial charge in [0.2, 0.25) is 0 Å². The molecule has 1 N–H and O–H groups in total. The van der Waals surface area contributed by atoms with Crippen LogP contribution in [0.5, 0.6) is 23.0 Å². The standard InChI is InChI=1S/C36H37N5O9/c1-18-13-30(43)36(2)21(32(18)44)15-24-20(31(36)19-7-8-27(48-4)26(42)14-19)9-12-40-34(46)39(35(47)41(24)40)11-10-22-33(45)38(3)25-17-29(50-6)28(49-5)16-23(25)37-22/h7-9,13-14,16-17,21,24,31,42H,10-12,15H2,1-6H3/t21-,24+,31-,36-/m0/s1. The van der Waals surface area contributed by atoms with Crippen molar-refractivity contribution in [2.45, 2.75) is 51.7 Å². The van der Waals surface area contributed by atoms with Crippen LogP contribution in [0.1, 0.15) is 43.5 Å². The summed E-state index contributed by atoms with van der Waals surface area (Å²) in [5.41, 5.74) is 0.0256. The highest BCUT2D eigenvalue weighted by molar-refractivity contribution is 6.13. The zero-order valence-electron chi connectivity index (χ0n) is 28.6. The van der Waals surface area contributed by atoms with Gasteiger partial charge in [-0.3, -0.25) is 14.4 Å². The number of aromatic hydroxyl groups is 1. The first kappa shape index (κ1) is 32.9. The first-order valence-corrected chi connectivity index (χ1v) is 16.2. The largest absolute Gasteiger partial charge is 0.504 e. The number of hydrogen-bond acceptors (Lipinski definition) is 10. The van der Waals surface area contributed by atoms with E-state index in [1.54, 1.807) is 45.2 Å². The molecule has 1 aliphatic heterocycles. The number of nitrogens with zero attached hydrogens (tertiary/aromatic N) is 5. The Kier molecular flexibility index (Phi) is 7.72. The molecule has 2 aromatic heterocycles. The van der Waals surface area contributed by atoms with Gasteiger partial charge < -0.3 is 23.9 Å². The molecule has 0 unspecified atom stereocenters. The topological polar surface area (TPSA) is 166 Å². The Bertz CT molecular complexity index is 2380. The number of ether oxygens (including phenoxy) is 3. The Hall–Kier alpha value is -5.66. The SMILES string of the molecule is COc1ccc([C@H]2C3=CCn4c(=O)n(CCc5nc6cc(OC)c(OC)cc6n(C)c5=O)c(=O)n4[C@@H]3C[C@H]3C(=O)C(C)=CC(=O)[C@@]23C)cc1O. The molecule has 14 heteroatoms. The third-order valence-electron chi connectivity index (χ3n) is 10.8. The summed E-state index contributed by atoms with van der Waals surface area (Å²) in [6, 6.07) is 7.46. The Morgan fingerprint density at radius 1 is 0.960 bits per heavy atom. The van der Waals surface area contributed by atoms with Gasteiger partial charge in [-0.05, 0) is 48.3 Å². The van der Waals surface area contributed by atoms with E-state index < -0.39 is 34.7 Å². The van der Waals surface area contributed by atoms with Gasteiger partial charge in [0.25, 0.3) is 5.56 Å². The second-order valence-corrected chi connectivity index (χ2v) is 13.2. The van der Waals surface area contributed by atoms with E-state index in [-0.39, 0.29) is 60.2 Å². The molecule has 0 saturated heterocycles. The van der Waals surface area contributed by atoms with Gasteiger partial charge in [-0.1, -0.05) is 19.1 Å². The van der Waals surface area contributed by atoms with Gasteiger partial charge >= 0.3 is 11.4 Å². The van der Waals surface area contributed by atoms with Crippen LogP contribution in [0, 0.1) is 11.3 Å². The molecule has 3 aliphatic rings. The number of hydrogen-bond donors (Lipinski definition) is 1. The molecule has 3 heterocycles. The predicted octanol–water partition coefficient (Wildman–Crippen LogP) is 2.42. The van der Waals surface area contributed by atoms with E-state index in [0.29, 0.717) is 39.2 Å². The molecule has 0 spiro atoms. The van der Waals surface area contributed by atoms with Crippen LogP contribution in [0.4, 0.5) is 0 Å². The quantitative estimate of drug-likeness (QED) is 0.286. The second kappa shape index (κ2) is 11.7. The Labute approximate surface area is 285 Å². The van der Waals surface area contributed by atoms with E-state index in [0.717, 1.165) is 4.57 Å². The fourth-order valence-electron chi connectivity index (χ4n) is 8.14. The van der Waals surface area contributed by atoms with Gasteiger partial charge in [-0.2, -0.15) is 0 Å². The molecule has 50 heavy (non-hydrogen) atoms. The number of benzene rings is 2. The Morgan fingerprint density at radius 3 is 2.34 bits per heavy atom. The number of carbonyl (C=O) groups is 2. The lowest BCUT2D eigenvalue weighted by Gasteiger charge is -2.52. The number of aromatic nitrogens is 5. The molecular weight excluding hydrogens is 646 g/mol. The number of rotatable bonds is 7. The molecule has 2 aliphatic carbocycles. The van der Waals surface area contributed by atoms with Crippen molar-refractivity contribution in [3.8, 4) is 23.0 Å². The molecule has 1 fully saturated rings. The molecule has 0 radical (unpaired) electrons. The second-order valence-electron chi connectivity index (χ2n) is 13.2. The molecule has 4 atom stereocenters. The maximum absolute atomic E-state index is 14.2. The van der Waals surface area contributed by atoms with E-state index in [9.17, 15) is 29.1 Å². The van der Waals surface area contributed by atoms with Crippen LogP contribution in [0.3, 0.4) is 0 Å². The summed E-state index contributed by atoms with van der Waals surface area (Å²) in [4.78, 5) is 73.5. The molecule has 2 aromatic carbocycles. The van der Waals surface area contributed by atoms with E-state index in [1.807, 2.05) is 6.08 Å². The summed E-state index contributed by atoms with van der Waals surface area (Å²) in [6.45, 7) is 3.30. The minimum atomic E-state index is -1.21. The lowest BCUT2D eigenvalue weighted by atomic mass is 9.51. The number of carbonyl (C=O) groups excluding carboxylic acids is 2. The first-order chi connectivity index (χ1) is 23.8. The Morgan fingerprint density at radius 2 is 1.66 bits per heavy atom. The smallest absolute Gasteiger partial charge is 0.347 e. The van der Waals surface area contributed by atoms with Crippen LogP contribution in [0.2, 0.25) is 0 Å². The van der Waals surface area contributed by atoms with Crippen molar-refractivity contribution in [1.29, 1.82) is 0 Å². The first-order valence-electron chi connectivity index (χ1n) is 16.2. The minimum Gasteiger partial charge on any atom is -0.504 e. The normalized spacial score (nSPS) is 22.7. The van der Waals surface area contributed by atoms with Crippen LogP contribution in [-0.2, 0) is 36.1 Å². The van der Waals surface area contributed by atoms with Crippen LogP contribution in [0.15, 0.2) is 68.0 Å². The maximum atomic E-state index is 14.2. The fourth-order valence-corrected chi connectivity index (χ4v) is 8.14. The van der Waals surface area contributed by atoms with Crippen molar-refractivity contribution in [2.75, 3.05) is 21.3 Å². The van der Waals surface area contributed by atoms with Crippen molar-refractivity contribution >= 4 is 22.6 Å². The van der Waals surface area contributed by atoms with Crippen LogP contribution >= 0.6 is 0 Å². The molecule has 1 saturated carbocycles. The molecular formula is C36H37N5O9. The van der Waals surface area contributed by atoms with Gasteiger partial charge in [0.15, 0.2) is 34.6 Å². The van der Waals surface area contributed by atoms with E-state index in [4.69, 9.17) is 14.2 Å². The summed E-state index contributed by atoms with van der Waals surface area (Å²) in [7, 11) is 6.03.